The fourth-order valence-corrected chi connectivity index (χ4v) is 4.87. The maximum Gasteiger partial charge on any atom is 0.243 e. The Bertz CT molecular complexity index is 592. The smallest absolute Gasteiger partial charge is 0.207 e. The number of halogens is 1. The summed E-state index contributed by atoms with van der Waals surface area (Å²) in [5, 5.41) is 0. The molecule has 1 aromatic rings. The highest BCUT2D eigenvalue weighted by atomic mass is 35.5. The lowest BCUT2D eigenvalue weighted by Gasteiger charge is -2.25. The topological polar surface area (TPSA) is 37.4 Å². The lowest BCUT2D eigenvalue weighted by Crippen LogP contribution is -2.35. The Morgan fingerprint density at radius 2 is 1.80 bits per heavy atom. The summed E-state index contributed by atoms with van der Waals surface area (Å²) in [5.74, 6) is 0.335. The number of nitrogens with zero attached hydrogens (tertiary/aromatic N) is 1. The van der Waals surface area contributed by atoms with E-state index in [1.54, 1.807) is 17.4 Å². The second-order valence-corrected chi connectivity index (χ2v) is 7.87. The molecule has 0 aliphatic heterocycles. The molecule has 2 rings (SSSR count). The van der Waals surface area contributed by atoms with Crippen LogP contribution in [0.2, 0.25) is 0 Å². The van der Waals surface area contributed by atoms with E-state index >= 15 is 0 Å². The highest BCUT2D eigenvalue weighted by Gasteiger charge is 2.31. The van der Waals surface area contributed by atoms with Gasteiger partial charge in [-0.05, 0) is 49.4 Å². The molecule has 0 heterocycles. The predicted molar refractivity (Wildman–Crippen MR) is 82.7 cm³/mol. The molecule has 5 heteroatoms. The molecule has 1 saturated carbocycles. The number of alkyl halides is 1. The quantitative estimate of drug-likeness (QED) is 0.796. The maximum absolute atomic E-state index is 12.8. The molecule has 20 heavy (non-hydrogen) atoms. The first kappa shape index (κ1) is 15.8. The molecular formula is C15H22ClNO2S. The fraction of sp³-hybridized carbons (Fsp3) is 0.600. The van der Waals surface area contributed by atoms with E-state index in [4.69, 9.17) is 11.6 Å². The summed E-state index contributed by atoms with van der Waals surface area (Å²) >= 11 is 5.90. The zero-order valence-electron chi connectivity index (χ0n) is 12.3. The Labute approximate surface area is 127 Å². The van der Waals surface area contributed by atoms with E-state index in [-0.39, 0.29) is 6.04 Å². The summed E-state index contributed by atoms with van der Waals surface area (Å²) in [4.78, 5) is 0.396. The van der Waals surface area contributed by atoms with E-state index in [9.17, 15) is 8.42 Å². The van der Waals surface area contributed by atoms with Crippen molar-refractivity contribution in [3.63, 3.8) is 0 Å². The van der Waals surface area contributed by atoms with Crippen LogP contribution in [0.25, 0.3) is 0 Å². The lowest BCUT2D eigenvalue weighted by molar-refractivity contribution is 0.373. The number of hydrogen-bond donors (Lipinski definition) is 0. The van der Waals surface area contributed by atoms with Gasteiger partial charge in [-0.1, -0.05) is 18.9 Å². The number of sulfonamides is 1. The molecule has 0 spiro atoms. The van der Waals surface area contributed by atoms with E-state index < -0.39 is 10.0 Å². The fourth-order valence-electron chi connectivity index (χ4n) is 2.92. The van der Waals surface area contributed by atoms with Crippen LogP contribution in [0.1, 0.15) is 42.4 Å². The molecule has 0 unspecified atom stereocenters. The number of benzene rings is 1. The maximum atomic E-state index is 12.8. The van der Waals surface area contributed by atoms with Gasteiger partial charge in [-0.2, -0.15) is 4.31 Å². The number of aryl methyl sites for hydroxylation is 2. The Morgan fingerprint density at radius 1 is 1.20 bits per heavy atom. The molecule has 3 nitrogen and oxygen atoms in total. The molecule has 1 aliphatic carbocycles. The van der Waals surface area contributed by atoms with Crippen molar-refractivity contribution in [3.05, 3.63) is 28.8 Å². The summed E-state index contributed by atoms with van der Waals surface area (Å²) in [6.07, 6.45) is 4.15. The highest BCUT2D eigenvalue weighted by molar-refractivity contribution is 7.89. The van der Waals surface area contributed by atoms with Gasteiger partial charge in [0.05, 0.1) is 4.90 Å². The molecule has 1 fully saturated rings. The summed E-state index contributed by atoms with van der Waals surface area (Å²) in [5.41, 5.74) is 2.72. The third-order valence-corrected chi connectivity index (χ3v) is 6.61. The second kappa shape index (κ2) is 6.04. The minimum absolute atomic E-state index is 0.139. The normalized spacial score (nSPS) is 17.1. The minimum Gasteiger partial charge on any atom is -0.207 e. The zero-order valence-corrected chi connectivity index (χ0v) is 13.9. The lowest BCUT2D eigenvalue weighted by atomic mass is 10.1. The first-order valence-corrected chi connectivity index (χ1v) is 8.99. The van der Waals surface area contributed by atoms with Crippen LogP contribution >= 0.6 is 11.6 Å². The average molecular weight is 316 g/mol. The van der Waals surface area contributed by atoms with Crippen LogP contribution in [0.3, 0.4) is 0 Å². The van der Waals surface area contributed by atoms with Crippen molar-refractivity contribution in [3.8, 4) is 0 Å². The van der Waals surface area contributed by atoms with Gasteiger partial charge in [0, 0.05) is 19.0 Å². The van der Waals surface area contributed by atoms with Gasteiger partial charge >= 0.3 is 0 Å². The van der Waals surface area contributed by atoms with Crippen molar-refractivity contribution in [2.75, 3.05) is 7.05 Å². The molecule has 0 bridgehead atoms. The van der Waals surface area contributed by atoms with Gasteiger partial charge in [0.2, 0.25) is 10.0 Å². The van der Waals surface area contributed by atoms with E-state index in [1.807, 2.05) is 19.9 Å². The van der Waals surface area contributed by atoms with Crippen LogP contribution in [0.15, 0.2) is 17.0 Å². The van der Waals surface area contributed by atoms with Crippen LogP contribution in [0.4, 0.5) is 0 Å². The predicted octanol–water partition coefficient (Wildman–Crippen LogP) is 3.61. The SMILES string of the molecule is Cc1cc(C)c(S(=O)(=O)N(C)C2CCCC2)cc1CCl. The van der Waals surface area contributed by atoms with E-state index in [0.717, 1.165) is 42.4 Å². The van der Waals surface area contributed by atoms with Gasteiger partial charge in [0.1, 0.15) is 0 Å². The van der Waals surface area contributed by atoms with Crippen LogP contribution in [0.5, 0.6) is 0 Å². The summed E-state index contributed by atoms with van der Waals surface area (Å²) in [6.45, 7) is 3.81. The van der Waals surface area contributed by atoms with Crippen molar-refractivity contribution < 1.29 is 8.42 Å². The Morgan fingerprint density at radius 3 is 2.35 bits per heavy atom. The molecule has 1 aromatic carbocycles. The minimum atomic E-state index is -3.43. The molecule has 0 aromatic heterocycles. The Balaban J connectivity index is 2.43. The third-order valence-electron chi connectivity index (χ3n) is 4.27. The summed E-state index contributed by atoms with van der Waals surface area (Å²) in [6, 6.07) is 3.78. The molecule has 0 saturated heterocycles. The van der Waals surface area contributed by atoms with Gasteiger partial charge in [-0.3, -0.25) is 0 Å². The van der Waals surface area contributed by atoms with E-state index in [0.29, 0.717) is 10.8 Å². The summed E-state index contributed by atoms with van der Waals surface area (Å²) in [7, 11) is -1.73. The molecule has 0 radical (unpaired) electrons. The van der Waals surface area contributed by atoms with Crippen molar-refractivity contribution in [1.29, 1.82) is 0 Å². The van der Waals surface area contributed by atoms with E-state index in [2.05, 4.69) is 0 Å². The van der Waals surface area contributed by atoms with Crippen molar-refractivity contribution in [1.82, 2.24) is 4.31 Å². The molecule has 1 aliphatic rings. The monoisotopic (exact) mass is 315 g/mol. The first-order valence-electron chi connectivity index (χ1n) is 7.02. The van der Waals surface area contributed by atoms with Crippen molar-refractivity contribution in [2.24, 2.45) is 0 Å². The van der Waals surface area contributed by atoms with Gasteiger partial charge in [-0.25, -0.2) is 8.42 Å². The van der Waals surface area contributed by atoms with Crippen LogP contribution in [-0.4, -0.2) is 25.8 Å². The van der Waals surface area contributed by atoms with Crippen LogP contribution in [0, 0.1) is 13.8 Å². The average Bonchev–Trinajstić information content (AvgIpc) is 2.91. The second-order valence-electron chi connectivity index (χ2n) is 5.64. The molecule has 0 amide bonds. The Kier molecular flexibility index (Phi) is 4.77. The van der Waals surface area contributed by atoms with Gasteiger partial charge in [-0.15, -0.1) is 11.6 Å². The molecule has 0 atom stereocenters. The van der Waals surface area contributed by atoms with Crippen LogP contribution < -0.4 is 0 Å². The molecule has 112 valence electrons. The third kappa shape index (κ3) is 2.87. The van der Waals surface area contributed by atoms with E-state index in [1.165, 1.54) is 0 Å². The van der Waals surface area contributed by atoms with Crippen LogP contribution in [-0.2, 0) is 15.9 Å². The van der Waals surface area contributed by atoms with Gasteiger partial charge in [0.25, 0.3) is 0 Å². The number of hydrogen-bond acceptors (Lipinski definition) is 2. The number of rotatable bonds is 4. The standard InChI is InChI=1S/C15H22ClNO2S/c1-11-8-12(2)15(9-13(11)10-16)20(18,19)17(3)14-6-4-5-7-14/h8-9,14H,4-7,10H2,1-3H3. The zero-order chi connectivity index (χ0) is 14.9. The van der Waals surface area contributed by atoms with Crippen molar-refractivity contribution >= 4 is 21.6 Å². The first-order chi connectivity index (χ1) is 9.37. The Hall–Kier alpha value is -0.580. The summed E-state index contributed by atoms with van der Waals surface area (Å²) < 4.78 is 27.2. The molecule has 0 N–H and O–H groups in total. The molecular weight excluding hydrogens is 294 g/mol. The van der Waals surface area contributed by atoms with Gasteiger partial charge in [0.15, 0.2) is 0 Å². The largest absolute Gasteiger partial charge is 0.243 e. The highest BCUT2D eigenvalue weighted by Crippen LogP contribution is 2.30. The van der Waals surface area contributed by atoms with Crippen molar-refractivity contribution in [2.45, 2.75) is 56.3 Å². The van der Waals surface area contributed by atoms with Gasteiger partial charge < -0.3 is 0 Å².